The van der Waals surface area contributed by atoms with Crippen molar-refractivity contribution in [3.8, 4) is 0 Å². The molecule has 1 amide bonds. The van der Waals surface area contributed by atoms with Crippen molar-refractivity contribution in [2.75, 3.05) is 11.9 Å². The summed E-state index contributed by atoms with van der Waals surface area (Å²) in [5.74, 6) is -0.245. The van der Waals surface area contributed by atoms with Crippen LogP contribution in [0.2, 0.25) is 0 Å². The zero-order valence-electron chi connectivity index (χ0n) is 9.71. The highest BCUT2D eigenvalue weighted by Gasteiger charge is 2.05. The largest absolute Gasteiger partial charge is 0.396 e. The number of aromatic nitrogens is 2. The Bertz CT molecular complexity index is 512. The van der Waals surface area contributed by atoms with Crippen molar-refractivity contribution in [1.82, 2.24) is 9.97 Å². The molecule has 1 aromatic heterocycles. The minimum absolute atomic E-state index is 0.118. The quantitative estimate of drug-likeness (QED) is 0.847. The minimum Gasteiger partial charge on any atom is -0.396 e. The molecule has 2 rings (SSSR count). The van der Waals surface area contributed by atoms with Gasteiger partial charge in [-0.2, -0.15) is 0 Å². The third kappa shape index (κ3) is 3.11. The van der Waals surface area contributed by atoms with Gasteiger partial charge in [0.2, 0.25) is 0 Å². The first-order chi connectivity index (χ1) is 8.79. The molecule has 0 saturated heterocycles. The summed E-state index contributed by atoms with van der Waals surface area (Å²) in [6.45, 7) is 0.118. The number of amides is 1. The van der Waals surface area contributed by atoms with E-state index in [1.807, 2.05) is 12.1 Å². The van der Waals surface area contributed by atoms with Crippen LogP contribution in [0.15, 0.2) is 43.0 Å². The molecule has 0 aliphatic carbocycles. The van der Waals surface area contributed by atoms with Crippen LogP contribution in [0.5, 0.6) is 0 Å². The first-order valence-electron chi connectivity index (χ1n) is 5.56. The van der Waals surface area contributed by atoms with E-state index in [2.05, 4.69) is 15.3 Å². The number of carbonyl (C=O) groups excluding carboxylic acids is 1. The maximum absolute atomic E-state index is 11.8. The Balaban J connectivity index is 2.03. The molecule has 0 saturated carbocycles. The monoisotopic (exact) mass is 243 g/mol. The van der Waals surface area contributed by atoms with Crippen molar-refractivity contribution >= 4 is 11.6 Å². The lowest BCUT2D eigenvalue weighted by Gasteiger charge is -2.05. The number of anilines is 1. The van der Waals surface area contributed by atoms with Crippen LogP contribution in [0.4, 0.5) is 5.69 Å². The smallest absolute Gasteiger partial charge is 0.258 e. The molecule has 18 heavy (non-hydrogen) atoms. The van der Waals surface area contributed by atoms with E-state index in [1.165, 1.54) is 18.7 Å². The zero-order valence-corrected chi connectivity index (χ0v) is 9.71. The first kappa shape index (κ1) is 12.2. The summed E-state index contributed by atoms with van der Waals surface area (Å²) in [6.07, 6.45) is 4.91. The van der Waals surface area contributed by atoms with Crippen LogP contribution >= 0.6 is 0 Å². The fraction of sp³-hybridized carbons (Fsp3) is 0.154. The van der Waals surface area contributed by atoms with E-state index < -0.39 is 0 Å². The van der Waals surface area contributed by atoms with E-state index in [0.717, 1.165) is 5.56 Å². The Morgan fingerprint density at radius 3 is 2.44 bits per heavy atom. The second kappa shape index (κ2) is 5.88. The molecule has 0 aliphatic rings. The van der Waals surface area contributed by atoms with Crippen LogP contribution in [0.25, 0.3) is 0 Å². The van der Waals surface area contributed by atoms with Gasteiger partial charge in [-0.1, -0.05) is 12.1 Å². The van der Waals surface area contributed by atoms with Crippen molar-refractivity contribution < 1.29 is 9.90 Å². The summed E-state index contributed by atoms with van der Waals surface area (Å²) >= 11 is 0. The van der Waals surface area contributed by atoms with Crippen molar-refractivity contribution in [1.29, 1.82) is 0 Å². The van der Waals surface area contributed by atoms with E-state index in [9.17, 15) is 4.79 Å². The highest BCUT2D eigenvalue weighted by atomic mass is 16.2. The van der Waals surface area contributed by atoms with Crippen molar-refractivity contribution in [3.63, 3.8) is 0 Å². The third-order valence-corrected chi connectivity index (χ3v) is 2.44. The topological polar surface area (TPSA) is 75.1 Å². The van der Waals surface area contributed by atoms with Crippen LogP contribution in [-0.4, -0.2) is 27.6 Å². The van der Waals surface area contributed by atoms with Crippen LogP contribution in [-0.2, 0) is 6.42 Å². The molecule has 2 N–H and O–H groups in total. The van der Waals surface area contributed by atoms with E-state index in [1.54, 1.807) is 12.1 Å². The molecule has 5 nitrogen and oxygen atoms in total. The minimum atomic E-state index is -0.245. The summed E-state index contributed by atoms with van der Waals surface area (Å²) in [7, 11) is 0. The molecule has 0 spiro atoms. The predicted molar refractivity (Wildman–Crippen MR) is 67.2 cm³/mol. The average molecular weight is 243 g/mol. The Labute approximate surface area is 105 Å². The van der Waals surface area contributed by atoms with Crippen molar-refractivity contribution in [2.45, 2.75) is 6.42 Å². The zero-order chi connectivity index (χ0) is 12.8. The Kier molecular flexibility index (Phi) is 3.98. The van der Waals surface area contributed by atoms with E-state index in [-0.39, 0.29) is 12.5 Å². The molecule has 2 aromatic rings. The molecule has 0 fully saturated rings. The van der Waals surface area contributed by atoms with Gasteiger partial charge in [-0.15, -0.1) is 0 Å². The van der Waals surface area contributed by atoms with Crippen LogP contribution < -0.4 is 5.32 Å². The van der Waals surface area contributed by atoms with Gasteiger partial charge in [-0.25, -0.2) is 9.97 Å². The van der Waals surface area contributed by atoms with Gasteiger partial charge in [-0.05, 0) is 24.1 Å². The normalized spacial score (nSPS) is 10.1. The summed E-state index contributed by atoms with van der Waals surface area (Å²) in [5, 5.41) is 11.5. The lowest BCUT2D eigenvalue weighted by Crippen LogP contribution is -2.12. The maximum atomic E-state index is 11.8. The highest BCUT2D eigenvalue weighted by molar-refractivity contribution is 6.03. The van der Waals surface area contributed by atoms with Gasteiger partial charge in [-0.3, -0.25) is 4.79 Å². The summed E-state index contributed by atoms with van der Waals surface area (Å²) in [4.78, 5) is 19.4. The second-order valence-electron chi connectivity index (χ2n) is 3.75. The first-order valence-corrected chi connectivity index (χ1v) is 5.56. The number of benzene rings is 1. The number of nitrogens with zero attached hydrogens (tertiary/aromatic N) is 2. The molecular formula is C13H13N3O2. The molecule has 1 heterocycles. The standard InChI is InChI=1S/C13H13N3O2/c17-6-5-10-1-3-12(4-2-10)16-13(18)11-7-14-9-15-8-11/h1-4,7-9,17H,5-6H2,(H,16,18). The molecule has 1 aromatic carbocycles. The van der Waals surface area contributed by atoms with E-state index in [4.69, 9.17) is 5.11 Å². The lowest BCUT2D eigenvalue weighted by atomic mass is 10.1. The van der Waals surface area contributed by atoms with Gasteiger partial charge in [0.25, 0.3) is 5.91 Å². The van der Waals surface area contributed by atoms with E-state index >= 15 is 0 Å². The number of aliphatic hydroxyl groups excluding tert-OH is 1. The van der Waals surface area contributed by atoms with Crippen LogP contribution in [0, 0.1) is 0 Å². The number of aliphatic hydroxyl groups is 1. The number of hydrogen-bond donors (Lipinski definition) is 2. The number of carbonyl (C=O) groups is 1. The molecular weight excluding hydrogens is 230 g/mol. The molecule has 0 radical (unpaired) electrons. The highest BCUT2D eigenvalue weighted by Crippen LogP contribution is 2.11. The average Bonchev–Trinajstić information content (AvgIpc) is 2.42. The second-order valence-corrected chi connectivity index (χ2v) is 3.75. The fourth-order valence-corrected chi connectivity index (χ4v) is 1.50. The van der Waals surface area contributed by atoms with Gasteiger partial charge >= 0.3 is 0 Å². The molecule has 0 unspecified atom stereocenters. The summed E-state index contributed by atoms with van der Waals surface area (Å²) in [6, 6.07) is 7.33. The third-order valence-electron chi connectivity index (χ3n) is 2.44. The Morgan fingerprint density at radius 1 is 1.17 bits per heavy atom. The Hall–Kier alpha value is -2.27. The van der Waals surface area contributed by atoms with Gasteiger partial charge in [0, 0.05) is 24.7 Å². The number of rotatable bonds is 4. The van der Waals surface area contributed by atoms with Crippen molar-refractivity contribution in [2.24, 2.45) is 0 Å². The van der Waals surface area contributed by atoms with Gasteiger partial charge in [0.05, 0.1) is 5.56 Å². The molecule has 0 aliphatic heterocycles. The van der Waals surface area contributed by atoms with Gasteiger partial charge in [0.15, 0.2) is 0 Å². The predicted octanol–water partition coefficient (Wildman–Crippen LogP) is 1.26. The van der Waals surface area contributed by atoms with E-state index in [0.29, 0.717) is 17.7 Å². The SMILES string of the molecule is O=C(Nc1ccc(CCO)cc1)c1cncnc1. The van der Waals surface area contributed by atoms with Crippen LogP contribution in [0.3, 0.4) is 0 Å². The maximum Gasteiger partial charge on any atom is 0.258 e. The lowest BCUT2D eigenvalue weighted by molar-refractivity contribution is 0.102. The summed E-state index contributed by atoms with van der Waals surface area (Å²) < 4.78 is 0. The number of hydrogen-bond acceptors (Lipinski definition) is 4. The van der Waals surface area contributed by atoms with Gasteiger partial charge in [0.1, 0.15) is 6.33 Å². The molecule has 92 valence electrons. The van der Waals surface area contributed by atoms with Gasteiger partial charge < -0.3 is 10.4 Å². The molecule has 5 heteroatoms. The van der Waals surface area contributed by atoms with Crippen molar-refractivity contribution in [3.05, 3.63) is 54.1 Å². The number of nitrogens with one attached hydrogen (secondary N) is 1. The summed E-state index contributed by atoms with van der Waals surface area (Å²) in [5.41, 5.74) is 2.14. The Morgan fingerprint density at radius 2 is 1.83 bits per heavy atom. The fourth-order valence-electron chi connectivity index (χ4n) is 1.50. The molecule has 0 atom stereocenters. The molecule has 0 bridgehead atoms. The van der Waals surface area contributed by atoms with Crippen LogP contribution in [0.1, 0.15) is 15.9 Å².